The third kappa shape index (κ3) is 5.91. The molecule has 0 radical (unpaired) electrons. The van der Waals surface area contributed by atoms with Gasteiger partial charge in [0.25, 0.3) is 0 Å². The summed E-state index contributed by atoms with van der Waals surface area (Å²) >= 11 is 0. The third-order valence-electron chi connectivity index (χ3n) is 3.63. The summed E-state index contributed by atoms with van der Waals surface area (Å²) in [6.45, 7) is 12.9. The molecule has 0 rings (SSSR count). The fourth-order valence-electron chi connectivity index (χ4n) is 2.42. The predicted molar refractivity (Wildman–Crippen MR) is 80.3 cm³/mol. The highest BCUT2D eigenvalue weighted by Gasteiger charge is 2.35. The van der Waals surface area contributed by atoms with Gasteiger partial charge in [0, 0.05) is 6.04 Å². The van der Waals surface area contributed by atoms with Crippen molar-refractivity contribution in [2.45, 2.75) is 65.5 Å². The van der Waals surface area contributed by atoms with Gasteiger partial charge in [0.1, 0.15) is 5.54 Å². The number of carbonyl (C=O) groups is 1. The average molecular weight is 272 g/mol. The Morgan fingerprint density at radius 2 is 1.79 bits per heavy atom. The van der Waals surface area contributed by atoms with Crippen LogP contribution in [0.15, 0.2) is 0 Å². The standard InChI is InChI=1S/C15H32N2O2/c1-7-10-17(11-8-2)13(4)12-15(5,16-6)14(18)19-9-3/h13,16H,7-12H2,1-6H3. The summed E-state index contributed by atoms with van der Waals surface area (Å²) in [7, 11) is 1.83. The van der Waals surface area contributed by atoms with Crippen LogP contribution in [0.25, 0.3) is 0 Å². The van der Waals surface area contributed by atoms with Crippen LogP contribution in [0.5, 0.6) is 0 Å². The van der Waals surface area contributed by atoms with Crippen LogP contribution < -0.4 is 5.32 Å². The van der Waals surface area contributed by atoms with Crippen molar-refractivity contribution in [3.8, 4) is 0 Å². The van der Waals surface area contributed by atoms with Crippen molar-refractivity contribution in [3.05, 3.63) is 0 Å². The van der Waals surface area contributed by atoms with E-state index in [1.54, 1.807) is 0 Å². The fourth-order valence-corrected chi connectivity index (χ4v) is 2.42. The second-order valence-electron chi connectivity index (χ2n) is 5.39. The Bertz CT molecular complexity index is 253. The maximum absolute atomic E-state index is 12.1. The molecule has 0 fully saturated rings. The molecule has 0 aromatic carbocycles. The van der Waals surface area contributed by atoms with Gasteiger partial charge in [0.2, 0.25) is 0 Å². The molecular weight excluding hydrogens is 240 g/mol. The van der Waals surface area contributed by atoms with Crippen molar-refractivity contribution >= 4 is 5.97 Å². The first kappa shape index (κ1) is 18.4. The number of rotatable bonds is 10. The smallest absolute Gasteiger partial charge is 0.326 e. The highest BCUT2D eigenvalue weighted by molar-refractivity contribution is 5.80. The minimum atomic E-state index is -0.602. The van der Waals surface area contributed by atoms with Gasteiger partial charge in [-0.05, 0) is 60.2 Å². The van der Waals surface area contributed by atoms with Crippen LogP contribution in [-0.2, 0) is 9.53 Å². The molecule has 0 aromatic rings. The van der Waals surface area contributed by atoms with E-state index in [0.717, 1.165) is 32.4 Å². The molecule has 1 N–H and O–H groups in total. The highest BCUT2D eigenvalue weighted by atomic mass is 16.5. The Labute approximate surface area is 118 Å². The van der Waals surface area contributed by atoms with Gasteiger partial charge in [-0.2, -0.15) is 0 Å². The lowest BCUT2D eigenvalue weighted by molar-refractivity contribution is -0.151. The van der Waals surface area contributed by atoms with Gasteiger partial charge in [-0.15, -0.1) is 0 Å². The van der Waals surface area contributed by atoms with Crippen LogP contribution in [0.1, 0.15) is 53.9 Å². The van der Waals surface area contributed by atoms with Gasteiger partial charge in [-0.1, -0.05) is 13.8 Å². The number of esters is 1. The van der Waals surface area contributed by atoms with Crippen molar-refractivity contribution < 1.29 is 9.53 Å². The molecule has 0 amide bonds. The highest BCUT2D eigenvalue weighted by Crippen LogP contribution is 2.18. The first-order chi connectivity index (χ1) is 8.95. The maximum Gasteiger partial charge on any atom is 0.326 e. The van der Waals surface area contributed by atoms with E-state index < -0.39 is 5.54 Å². The average Bonchev–Trinajstić information content (AvgIpc) is 2.38. The number of ether oxygens (including phenoxy) is 1. The van der Waals surface area contributed by atoms with Crippen molar-refractivity contribution in [1.82, 2.24) is 10.2 Å². The Morgan fingerprint density at radius 1 is 1.26 bits per heavy atom. The summed E-state index contributed by atoms with van der Waals surface area (Å²) in [5, 5.41) is 3.13. The number of likely N-dealkylation sites (N-methyl/N-ethyl adjacent to an activating group) is 1. The molecule has 0 aliphatic rings. The lowest BCUT2D eigenvalue weighted by atomic mass is 9.93. The van der Waals surface area contributed by atoms with Crippen LogP contribution in [-0.4, -0.2) is 49.2 Å². The molecule has 4 heteroatoms. The third-order valence-corrected chi connectivity index (χ3v) is 3.63. The molecule has 0 bridgehead atoms. The predicted octanol–water partition coefficient (Wildman–Crippen LogP) is 2.43. The molecule has 2 unspecified atom stereocenters. The monoisotopic (exact) mass is 272 g/mol. The largest absolute Gasteiger partial charge is 0.465 e. The van der Waals surface area contributed by atoms with E-state index in [2.05, 4.69) is 31.0 Å². The Balaban J connectivity index is 4.69. The maximum atomic E-state index is 12.1. The minimum absolute atomic E-state index is 0.155. The van der Waals surface area contributed by atoms with E-state index in [1.165, 1.54) is 0 Å². The van der Waals surface area contributed by atoms with E-state index in [-0.39, 0.29) is 5.97 Å². The van der Waals surface area contributed by atoms with Crippen molar-refractivity contribution in [3.63, 3.8) is 0 Å². The quantitative estimate of drug-likeness (QED) is 0.620. The van der Waals surface area contributed by atoms with E-state index in [1.807, 2.05) is 20.9 Å². The molecule has 0 aliphatic carbocycles. The molecule has 114 valence electrons. The van der Waals surface area contributed by atoms with Crippen LogP contribution in [0.4, 0.5) is 0 Å². The second kappa shape index (κ2) is 9.32. The van der Waals surface area contributed by atoms with E-state index >= 15 is 0 Å². The molecule has 0 saturated heterocycles. The molecular formula is C15H32N2O2. The summed E-state index contributed by atoms with van der Waals surface area (Å²) in [5.41, 5.74) is -0.602. The van der Waals surface area contributed by atoms with Gasteiger partial charge in [-0.25, -0.2) is 0 Å². The van der Waals surface area contributed by atoms with Gasteiger partial charge in [-0.3, -0.25) is 4.79 Å². The zero-order valence-electron chi connectivity index (χ0n) is 13.6. The van der Waals surface area contributed by atoms with Crippen molar-refractivity contribution in [2.75, 3.05) is 26.7 Å². The van der Waals surface area contributed by atoms with Crippen LogP contribution in [0, 0.1) is 0 Å². The van der Waals surface area contributed by atoms with Gasteiger partial charge < -0.3 is 15.0 Å². The Kier molecular flexibility index (Phi) is 9.02. The van der Waals surface area contributed by atoms with Gasteiger partial charge >= 0.3 is 5.97 Å². The summed E-state index contributed by atoms with van der Waals surface area (Å²) in [4.78, 5) is 14.5. The molecule has 0 spiro atoms. The zero-order chi connectivity index (χ0) is 14.9. The zero-order valence-corrected chi connectivity index (χ0v) is 13.6. The summed E-state index contributed by atoms with van der Waals surface area (Å²) in [5.74, 6) is -0.155. The molecule has 4 nitrogen and oxygen atoms in total. The molecule has 0 aromatic heterocycles. The Morgan fingerprint density at radius 3 is 2.16 bits per heavy atom. The molecule has 0 aliphatic heterocycles. The number of carbonyl (C=O) groups excluding carboxylic acids is 1. The molecule has 0 saturated carbocycles. The van der Waals surface area contributed by atoms with Crippen LogP contribution >= 0.6 is 0 Å². The summed E-state index contributed by atoms with van der Waals surface area (Å²) < 4.78 is 5.18. The van der Waals surface area contributed by atoms with E-state index in [0.29, 0.717) is 12.6 Å². The summed E-state index contributed by atoms with van der Waals surface area (Å²) in [6.07, 6.45) is 3.04. The van der Waals surface area contributed by atoms with Crippen molar-refractivity contribution in [1.29, 1.82) is 0 Å². The van der Waals surface area contributed by atoms with Gasteiger partial charge in [0.05, 0.1) is 6.61 Å². The number of hydrogen-bond acceptors (Lipinski definition) is 4. The molecule has 0 heterocycles. The first-order valence-corrected chi connectivity index (χ1v) is 7.55. The number of nitrogens with zero attached hydrogens (tertiary/aromatic N) is 1. The minimum Gasteiger partial charge on any atom is -0.465 e. The van der Waals surface area contributed by atoms with Crippen LogP contribution in [0.2, 0.25) is 0 Å². The topological polar surface area (TPSA) is 41.6 Å². The fraction of sp³-hybridized carbons (Fsp3) is 0.933. The first-order valence-electron chi connectivity index (χ1n) is 7.55. The molecule has 19 heavy (non-hydrogen) atoms. The number of hydrogen-bond donors (Lipinski definition) is 1. The van der Waals surface area contributed by atoms with Gasteiger partial charge in [0.15, 0.2) is 0 Å². The SMILES string of the molecule is CCCN(CCC)C(C)CC(C)(NC)C(=O)OCC. The Hall–Kier alpha value is -0.610. The normalized spacial score (nSPS) is 16.2. The lowest BCUT2D eigenvalue weighted by Gasteiger charge is -2.35. The summed E-state index contributed by atoms with van der Waals surface area (Å²) in [6, 6.07) is 0.363. The lowest BCUT2D eigenvalue weighted by Crippen LogP contribution is -2.53. The molecule has 2 atom stereocenters. The van der Waals surface area contributed by atoms with E-state index in [9.17, 15) is 4.79 Å². The van der Waals surface area contributed by atoms with Crippen LogP contribution in [0.3, 0.4) is 0 Å². The number of nitrogens with one attached hydrogen (secondary N) is 1. The second-order valence-corrected chi connectivity index (χ2v) is 5.39. The van der Waals surface area contributed by atoms with Crippen molar-refractivity contribution in [2.24, 2.45) is 0 Å². The van der Waals surface area contributed by atoms with E-state index in [4.69, 9.17) is 4.74 Å².